The topological polar surface area (TPSA) is 130 Å². The summed E-state index contributed by atoms with van der Waals surface area (Å²) in [5.74, 6) is 0. The van der Waals surface area contributed by atoms with Gasteiger partial charge in [0.2, 0.25) is 0 Å². The molecule has 0 aliphatic carbocycles. The molecule has 0 radical (unpaired) electrons. The first-order chi connectivity index (χ1) is 15.6. The molecule has 9 heteroatoms. The quantitative estimate of drug-likeness (QED) is 0.445. The molecule has 4 aromatic rings. The minimum atomic E-state index is -0.955. The maximum atomic E-state index is 12.8. The van der Waals surface area contributed by atoms with E-state index in [9.17, 15) is 19.8 Å². The van der Waals surface area contributed by atoms with Gasteiger partial charge in [-0.15, -0.1) is 0 Å². The van der Waals surface area contributed by atoms with Crippen molar-refractivity contribution in [3.63, 3.8) is 0 Å². The first-order valence-corrected chi connectivity index (χ1v) is 10.2. The van der Waals surface area contributed by atoms with Crippen LogP contribution in [0.5, 0.6) is 0 Å². The van der Waals surface area contributed by atoms with E-state index in [-0.39, 0.29) is 17.6 Å². The Kier molecular flexibility index (Phi) is 5.14. The molecule has 3 atom stereocenters. The highest BCUT2D eigenvalue weighted by atomic mass is 16.5. The van der Waals surface area contributed by atoms with Crippen molar-refractivity contribution in [3.8, 4) is 22.5 Å². The monoisotopic (exact) mass is 432 g/mol. The van der Waals surface area contributed by atoms with Crippen LogP contribution in [0.3, 0.4) is 0 Å². The fourth-order valence-electron chi connectivity index (χ4n) is 3.96. The highest BCUT2D eigenvalue weighted by Gasteiger charge is 2.36. The van der Waals surface area contributed by atoms with E-state index >= 15 is 0 Å². The van der Waals surface area contributed by atoms with Gasteiger partial charge < -0.3 is 14.9 Å². The van der Waals surface area contributed by atoms with Gasteiger partial charge in [0.1, 0.15) is 12.3 Å². The van der Waals surface area contributed by atoms with Crippen molar-refractivity contribution in [3.05, 3.63) is 81.5 Å². The Labute approximate surface area is 181 Å². The number of benzene rings is 2. The van der Waals surface area contributed by atoms with Gasteiger partial charge in [0.25, 0.3) is 5.56 Å². The lowest BCUT2D eigenvalue weighted by Crippen LogP contribution is -2.34. The third-order valence-electron chi connectivity index (χ3n) is 5.53. The predicted octanol–water partition coefficient (Wildman–Crippen LogP) is 1.45. The van der Waals surface area contributed by atoms with Crippen molar-refractivity contribution < 1.29 is 14.9 Å². The summed E-state index contributed by atoms with van der Waals surface area (Å²) < 4.78 is 6.86. The summed E-state index contributed by atoms with van der Waals surface area (Å²) >= 11 is 0. The van der Waals surface area contributed by atoms with E-state index in [0.29, 0.717) is 11.4 Å². The number of rotatable bonds is 4. The first kappa shape index (κ1) is 20.3. The van der Waals surface area contributed by atoms with Crippen LogP contribution in [0.15, 0.2) is 70.3 Å². The second-order valence-corrected chi connectivity index (χ2v) is 7.57. The van der Waals surface area contributed by atoms with E-state index in [1.54, 1.807) is 0 Å². The van der Waals surface area contributed by atoms with Crippen LogP contribution in [0.25, 0.3) is 33.7 Å². The van der Waals surface area contributed by atoms with Crippen molar-refractivity contribution in [2.45, 2.75) is 24.9 Å². The molecule has 2 aromatic carbocycles. The molecule has 162 valence electrons. The Morgan fingerprint density at radius 2 is 1.56 bits per heavy atom. The lowest BCUT2D eigenvalue weighted by Gasteiger charge is -2.17. The molecule has 0 unspecified atom stereocenters. The molecule has 32 heavy (non-hydrogen) atoms. The van der Waals surface area contributed by atoms with Crippen molar-refractivity contribution in [2.75, 3.05) is 6.61 Å². The lowest BCUT2D eigenvalue weighted by molar-refractivity contribution is -0.0445. The summed E-state index contributed by atoms with van der Waals surface area (Å²) in [6.45, 7) is -0.396. The Balaban J connectivity index is 1.81. The second-order valence-electron chi connectivity index (χ2n) is 7.57. The number of hydrogen-bond donors (Lipinski definition) is 3. The summed E-state index contributed by atoms with van der Waals surface area (Å²) in [5.41, 5.74) is 1.18. The molecular weight excluding hydrogens is 412 g/mol. The molecule has 5 rings (SSSR count). The normalized spacial score (nSPS) is 20.6. The highest BCUT2D eigenvalue weighted by Crippen LogP contribution is 2.32. The fourth-order valence-corrected chi connectivity index (χ4v) is 3.96. The van der Waals surface area contributed by atoms with Crippen LogP contribution < -0.4 is 11.2 Å². The van der Waals surface area contributed by atoms with Crippen LogP contribution in [-0.4, -0.2) is 48.5 Å². The number of hydrogen-bond acceptors (Lipinski definition) is 7. The number of fused-ring (bicyclic) bond motifs is 1. The summed E-state index contributed by atoms with van der Waals surface area (Å²) in [4.78, 5) is 37.1. The number of aliphatic hydroxyl groups is 2. The van der Waals surface area contributed by atoms with Gasteiger partial charge in [0, 0.05) is 17.5 Å². The summed E-state index contributed by atoms with van der Waals surface area (Å²) in [5, 5.41) is 19.6. The molecule has 1 aliphatic rings. The zero-order valence-electron chi connectivity index (χ0n) is 16.9. The molecule has 0 amide bonds. The van der Waals surface area contributed by atoms with E-state index in [4.69, 9.17) is 9.72 Å². The van der Waals surface area contributed by atoms with Crippen LogP contribution in [0.1, 0.15) is 12.6 Å². The Morgan fingerprint density at radius 3 is 2.12 bits per heavy atom. The maximum absolute atomic E-state index is 12.8. The van der Waals surface area contributed by atoms with Gasteiger partial charge in [0.15, 0.2) is 11.2 Å². The van der Waals surface area contributed by atoms with Crippen LogP contribution in [0, 0.1) is 0 Å². The Bertz CT molecular complexity index is 1380. The number of nitrogens with one attached hydrogen (secondary N) is 1. The second kappa shape index (κ2) is 8.12. The minimum Gasteiger partial charge on any atom is -0.394 e. The molecule has 1 fully saturated rings. The lowest BCUT2D eigenvalue weighted by atomic mass is 10.0. The Hall–Kier alpha value is -3.66. The fraction of sp³-hybridized carbons (Fsp3) is 0.217. The van der Waals surface area contributed by atoms with Crippen molar-refractivity contribution in [2.24, 2.45) is 0 Å². The van der Waals surface area contributed by atoms with Gasteiger partial charge in [-0.2, -0.15) is 0 Å². The first-order valence-electron chi connectivity index (χ1n) is 10.2. The Morgan fingerprint density at radius 1 is 0.969 bits per heavy atom. The van der Waals surface area contributed by atoms with Gasteiger partial charge in [-0.05, 0) is 0 Å². The molecule has 3 N–H and O–H groups in total. The third kappa shape index (κ3) is 3.42. The number of H-pyrrole nitrogens is 1. The maximum Gasteiger partial charge on any atom is 0.332 e. The minimum absolute atomic E-state index is 0.0197. The average Bonchev–Trinajstić information content (AvgIpc) is 3.19. The molecule has 1 saturated heterocycles. The van der Waals surface area contributed by atoms with E-state index < -0.39 is 36.3 Å². The van der Waals surface area contributed by atoms with Crippen LogP contribution in [0.4, 0.5) is 0 Å². The zero-order valence-corrected chi connectivity index (χ0v) is 16.9. The van der Waals surface area contributed by atoms with Gasteiger partial charge in [-0.25, -0.2) is 19.3 Å². The summed E-state index contributed by atoms with van der Waals surface area (Å²) in [6, 6.07) is 18.7. The van der Waals surface area contributed by atoms with Crippen molar-refractivity contribution in [1.29, 1.82) is 0 Å². The standard InChI is InChI=1S/C23H20N4O5/c28-12-16-15(29)11-17(32-16)27-21-20(22(30)26-23(27)31)24-18(13-7-3-1-4-8-13)19(25-21)14-9-5-2-6-10-14/h1-10,15-17,28-29H,11-12H2,(H,26,30,31)/t15-,16+,17+/m0/s1. The van der Waals surface area contributed by atoms with Crippen LogP contribution >= 0.6 is 0 Å². The number of aromatic amines is 1. The molecule has 0 bridgehead atoms. The van der Waals surface area contributed by atoms with Crippen molar-refractivity contribution in [1.82, 2.24) is 19.5 Å². The van der Waals surface area contributed by atoms with Gasteiger partial charge in [-0.3, -0.25) is 9.78 Å². The van der Waals surface area contributed by atoms with Gasteiger partial charge >= 0.3 is 5.69 Å². The molecule has 3 heterocycles. The van der Waals surface area contributed by atoms with Crippen molar-refractivity contribution >= 4 is 11.2 Å². The number of aromatic nitrogens is 4. The molecule has 9 nitrogen and oxygen atoms in total. The van der Waals surface area contributed by atoms with Gasteiger partial charge in [-0.1, -0.05) is 60.7 Å². The number of ether oxygens (including phenoxy) is 1. The smallest absolute Gasteiger partial charge is 0.332 e. The third-order valence-corrected chi connectivity index (χ3v) is 5.53. The van der Waals surface area contributed by atoms with Crippen LogP contribution in [-0.2, 0) is 4.74 Å². The van der Waals surface area contributed by atoms with Crippen LogP contribution in [0.2, 0.25) is 0 Å². The summed E-state index contributed by atoms with van der Waals surface area (Å²) in [6.07, 6.45) is -2.63. The van der Waals surface area contributed by atoms with E-state index in [1.165, 1.54) is 4.57 Å². The van der Waals surface area contributed by atoms with E-state index in [1.807, 2.05) is 60.7 Å². The van der Waals surface area contributed by atoms with E-state index in [2.05, 4.69) is 9.97 Å². The summed E-state index contributed by atoms with van der Waals surface area (Å²) in [7, 11) is 0. The largest absolute Gasteiger partial charge is 0.394 e. The predicted molar refractivity (Wildman–Crippen MR) is 117 cm³/mol. The number of aliphatic hydroxyl groups excluding tert-OH is 2. The molecule has 0 saturated carbocycles. The highest BCUT2D eigenvalue weighted by molar-refractivity contribution is 5.84. The average molecular weight is 432 g/mol. The number of nitrogens with zero attached hydrogens (tertiary/aromatic N) is 3. The molecule has 1 aliphatic heterocycles. The zero-order chi connectivity index (χ0) is 22.2. The molecule has 2 aromatic heterocycles. The molecular formula is C23H20N4O5. The van der Waals surface area contributed by atoms with Gasteiger partial charge in [0.05, 0.1) is 24.1 Å². The molecule has 0 spiro atoms. The SMILES string of the molecule is O=c1[nH]c(=O)n([C@H]2C[C@H](O)[C@@H](CO)O2)c2nc(-c3ccccc3)c(-c3ccccc3)nc12. The van der Waals surface area contributed by atoms with E-state index in [0.717, 1.165) is 11.1 Å².